The number of piperazine rings is 1. The van der Waals surface area contributed by atoms with Crippen LogP contribution in [0.4, 0.5) is 5.82 Å². The van der Waals surface area contributed by atoms with Crippen molar-refractivity contribution < 1.29 is 4.79 Å². The first-order valence-electron chi connectivity index (χ1n) is 8.52. The van der Waals surface area contributed by atoms with Crippen LogP contribution in [0.3, 0.4) is 0 Å². The number of nitrogens with one attached hydrogen (secondary N) is 1. The van der Waals surface area contributed by atoms with Gasteiger partial charge >= 0.3 is 0 Å². The SMILES string of the molecule is CN1CCN(c2ccc(CNC(=O)CC3C=CCC3)cn2)CC1. The Kier molecular flexibility index (Phi) is 5.28. The lowest BCUT2D eigenvalue weighted by Gasteiger charge is -2.33. The molecule has 1 N–H and O–H groups in total. The minimum absolute atomic E-state index is 0.129. The zero-order chi connectivity index (χ0) is 16.1. The molecule has 1 aromatic rings. The van der Waals surface area contributed by atoms with Crippen molar-refractivity contribution in [2.75, 3.05) is 38.1 Å². The number of hydrogen-bond acceptors (Lipinski definition) is 4. The molecule has 3 rings (SSSR count). The molecular formula is C18H26N4O. The van der Waals surface area contributed by atoms with Gasteiger partial charge in [0.15, 0.2) is 0 Å². The third-order valence-electron chi connectivity index (χ3n) is 4.69. The fourth-order valence-electron chi connectivity index (χ4n) is 3.12. The van der Waals surface area contributed by atoms with Gasteiger partial charge in [-0.1, -0.05) is 18.2 Å². The average molecular weight is 314 g/mol. The number of pyridine rings is 1. The van der Waals surface area contributed by atoms with Crippen LogP contribution in [0.5, 0.6) is 0 Å². The summed E-state index contributed by atoms with van der Waals surface area (Å²) >= 11 is 0. The monoisotopic (exact) mass is 314 g/mol. The molecule has 0 bridgehead atoms. The van der Waals surface area contributed by atoms with Crippen LogP contribution in [0.15, 0.2) is 30.5 Å². The first-order chi connectivity index (χ1) is 11.2. The van der Waals surface area contributed by atoms with Crippen LogP contribution >= 0.6 is 0 Å². The Morgan fingerprint density at radius 2 is 2.13 bits per heavy atom. The summed E-state index contributed by atoms with van der Waals surface area (Å²) in [6, 6.07) is 4.13. The largest absolute Gasteiger partial charge is 0.354 e. The molecule has 2 heterocycles. The van der Waals surface area contributed by atoms with Crippen LogP contribution in [0.2, 0.25) is 0 Å². The molecule has 1 aromatic heterocycles. The van der Waals surface area contributed by atoms with E-state index in [-0.39, 0.29) is 5.91 Å². The standard InChI is InChI=1S/C18H26N4O/c1-21-8-10-22(11-9-21)17-7-6-16(13-19-17)14-20-18(23)12-15-4-2-3-5-15/h2,4,6-7,13,15H,3,5,8-12,14H2,1H3,(H,20,23). The molecule has 1 amide bonds. The maximum absolute atomic E-state index is 11.9. The number of carbonyl (C=O) groups is 1. The van der Waals surface area contributed by atoms with Gasteiger partial charge in [0.2, 0.25) is 5.91 Å². The Morgan fingerprint density at radius 3 is 2.78 bits per heavy atom. The maximum Gasteiger partial charge on any atom is 0.220 e. The molecular weight excluding hydrogens is 288 g/mol. The molecule has 1 fully saturated rings. The van der Waals surface area contributed by atoms with Crippen molar-refractivity contribution in [3.8, 4) is 0 Å². The van der Waals surface area contributed by atoms with E-state index in [0.29, 0.717) is 18.9 Å². The molecule has 0 radical (unpaired) electrons. The number of hydrogen-bond donors (Lipinski definition) is 1. The molecule has 1 saturated heterocycles. The molecule has 0 spiro atoms. The van der Waals surface area contributed by atoms with E-state index in [4.69, 9.17) is 0 Å². The van der Waals surface area contributed by atoms with Crippen LogP contribution < -0.4 is 10.2 Å². The Hall–Kier alpha value is -1.88. The topological polar surface area (TPSA) is 48.5 Å². The second kappa shape index (κ2) is 7.59. The van der Waals surface area contributed by atoms with Crippen molar-refractivity contribution in [3.63, 3.8) is 0 Å². The van der Waals surface area contributed by atoms with E-state index in [0.717, 1.165) is 50.4 Å². The van der Waals surface area contributed by atoms with E-state index < -0.39 is 0 Å². The molecule has 1 aliphatic heterocycles. The molecule has 5 nitrogen and oxygen atoms in total. The van der Waals surface area contributed by atoms with Crippen molar-refractivity contribution in [1.29, 1.82) is 0 Å². The molecule has 0 aromatic carbocycles. The highest BCUT2D eigenvalue weighted by molar-refractivity contribution is 5.76. The zero-order valence-corrected chi connectivity index (χ0v) is 13.9. The highest BCUT2D eigenvalue weighted by atomic mass is 16.1. The van der Waals surface area contributed by atoms with Gasteiger partial charge in [-0.05, 0) is 37.4 Å². The number of anilines is 1. The van der Waals surface area contributed by atoms with Crippen LogP contribution in [-0.4, -0.2) is 49.0 Å². The van der Waals surface area contributed by atoms with E-state index in [9.17, 15) is 4.79 Å². The zero-order valence-electron chi connectivity index (χ0n) is 13.9. The third-order valence-corrected chi connectivity index (χ3v) is 4.69. The van der Waals surface area contributed by atoms with Crippen molar-refractivity contribution in [2.24, 2.45) is 5.92 Å². The summed E-state index contributed by atoms with van der Waals surface area (Å²) in [4.78, 5) is 21.1. The number of aromatic nitrogens is 1. The van der Waals surface area contributed by atoms with E-state index in [1.165, 1.54) is 0 Å². The number of rotatable bonds is 5. The van der Waals surface area contributed by atoms with Gasteiger partial charge in [0.05, 0.1) is 0 Å². The highest BCUT2D eigenvalue weighted by Gasteiger charge is 2.15. The molecule has 2 aliphatic rings. The lowest BCUT2D eigenvalue weighted by molar-refractivity contribution is -0.121. The Bertz CT molecular complexity index is 547. The molecule has 5 heteroatoms. The lowest BCUT2D eigenvalue weighted by atomic mass is 10.1. The predicted octanol–water partition coefficient (Wildman–Crippen LogP) is 1.81. The number of nitrogens with zero attached hydrogens (tertiary/aromatic N) is 3. The van der Waals surface area contributed by atoms with Crippen LogP contribution in [-0.2, 0) is 11.3 Å². The fraction of sp³-hybridized carbons (Fsp3) is 0.556. The summed E-state index contributed by atoms with van der Waals surface area (Å²) in [7, 11) is 2.15. The van der Waals surface area contributed by atoms with Crippen molar-refractivity contribution in [2.45, 2.75) is 25.8 Å². The van der Waals surface area contributed by atoms with Gasteiger partial charge in [-0.15, -0.1) is 0 Å². The third kappa shape index (κ3) is 4.55. The first-order valence-corrected chi connectivity index (χ1v) is 8.52. The Balaban J connectivity index is 1.45. The van der Waals surface area contributed by atoms with Crippen LogP contribution in [0, 0.1) is 5.92 Å². The summed E-state index contributed by atoms with van der Waals surface area (Å²) in [5, 5.41) is 3.00. The number of likely N-dealkylation sites (N-methyl/N-ethyl adjacent to an activating group) is 1. The van der Waals surface area contributed by atoms with E-state index in [1.807, 2.05) is 6.20 Å². The predicted molar refractivity (Wildman–Crippen MR) is 92.3 cm³/mol. The van der Waals surface area contributed by atoms with E-state index in [2.05, 4.69) is 51.4 Å². The van der Waals surface area contributed by atoms with Crippen molar-refractivity contribution in [1.82, 2.24) is 15.2 Å². The average Bonchev–Trinajstić information content (AvgIpc) is 3.07. The quantitative estimate of drug-likeness (QED) is 0.842. The summed E-state index contributed by atoms with van der Waals surface area (Å²) in [6.07, 6.45) is 9.02. The fourth-order valence-corrected chi connectivity index (χ4v) is 3.12. The summed E-state index contributed by atoms with van der Waals surface area (Å²) in [5.74, 6) is 1.58. The normalized spacial score (nSPS) is 21.6. The van der Waals surface area contributed by atoms with E-state index in [1.54, 1.807) is 0 Å². The van der Waals surface area contributed by atoms with Gasteiger partial charge < -0.3 is 15.1 Å². The molecule has 23 heavy (non-hydrogen) atoms. The first kappa shape index (κ1) is 16.0. The van der Waals surface area contributed by atoms with Gasteiger partial charge in [-0.25, -0.2) is 4.98 Å². The maximum atomic E-state index is 11.9. The Labute approximate surface area is 138 Å². The summed E-state index contributed by atoms with van der Waals surface area (Å²) in [5.41, 5.74) is 1.05. The van der Waals surface area contributed by atoms with Crippen molar-refractivity contribution in [3.05, 3.63) is 36.0 Å². The number of carbonyl (C=O) groups excluding carboxylic acids is 1. The summed E-state index contributed by atoms with van der Waals surface area (Å²) < 4.78 is 0. The number of amides is 1. The highest BCUT2D eigenvalue weighted by Crippen LogP contribution is 2.20. The van der Waals surface area contributed by atoms with Crippen LogP contribution in [0.25, 0.3) is 0 Å². The second-order valence-corrected chi connectivity index (χ2v) is 6.56. The molecule has 1 aliphatic carbocycles. The smallest absolute Gasteiger partial charge is 0.220 e. The molecule has 124 valence electrons. The molecule has 1 atom stereocenters. The van der Waals surface area contributed by atoms with E-state index >= 15 is 0 Å². The minimum Gasteiger partial charge on any atom is -0.354 e. The van der Waals surface area contributed by atoms with Gasteiger partial charge in [0.1, 0.15) is 5.82 Å². The van der Waals surface area contributed by atoms with Gasteiger partial charge in [-0.2, -0.15) is 0 Å². The van der Waals surface area contributed by atoms with Crippen LogP contribution in [0.1, 0.15) is 24.8 Å². The van der Waals surface area contributed by atoms with Gasteiger partial charge in [0.25, 0.3) is 0 Å². The summed E-state index contributed by atoms with van der Waals surface area (Å²) in [6.45, 7) is 4.76. The minimum atomic E-state index is 0.129. The van der Waals surface area contributed by atoms with Gasteiger partial charge in [0, 0.05) is 45.3 Å². The number of allylic oxidation sites excluding steroid dienone is 2. The Morgan fingerprint density at radius 1 is 1.30 bits per heavy atom. The van der Waals surface area contributed by atoms with Crippen molar-refractivity contribution >= 4 is 11.7 Å². The molecule has 0 saturated carbocycles. The molecule has 1 unspecified atom stereocenters. The second-order valence-electron chi connectivity index (χ2n) is 6.56. The lowest BCUT2D eigenvalue weighted by Crippen LogP contribution is -2.44. The van der Waals surface area contributed by atoms with Gasteiger partial charge in [-0.3, -0.25) is 4.79 Å².